The van der Waals surface area contributed by atoms with Crippen molar-refractivity contribution < 1.29 is 0 Å². The van der Waals surface area contributed by atoms with Crippen molar-refractivity contribution in [1.82, 2.24) is 9.55 Å². The molecule has 0 N–H and O–H groups in total. The third kappa shape index (κ3) is 1.95. The van der Waals surface area contributed by atoms with Gasteiger partial charge in [-0.15, -0.1) is 0 Å². The molecule has 0 aliphatic heterocycles. The minimum Gasteiger partial charge on any atom is -0.323 e. The molecule has 0 aliphatic rings. The molecule has 0 saturated heterocycles. The molecule has 2 nitrogen and oxygen atoms in total. The topological polar surface area (TPSA) is 17.8 Å². The largest absolute Gasteiger partial charge is 0.323 e. The summed E-state index contributed by atoms with van der Waals surface area (Å²) in [6.07, 6.45) is 0. The third-order valence-corrected chi connectivity index (χ3v) is 5.12. The SMILES string of the molecule is Cn1c(I)c(-c2ccccc2)c2cc3ccccc3nc21. The molecule has 2 aromatic heterocycles. The van der Waals surface area contributed by atoms with E-state index in [0.29, 0.717) is 0 Å². The molecule has 2 aromatic carbocycles. The maximum Gasteiger partial charge on any atom is 0.141 e. The van der Waals surface area contributed by atoms with Crippen LogP contribution >= 0.6 is 22.6 Å². The Bertz CT molecular complexity index is 955. The lowest BCUT2D eigenvalue weighted by molar-refractivity contribution is 0.924. The van der Waals surface area contributed by atoms with Gasteiger partial charge in [0.1, 0.15) is 5.65 Å². The van der Waals surface area contributed by atoms with Gasteiger partial charge in [0.05, 0.1) is 9.22 Å². The second kappa shape index (κ2) is 4.84. The maximum atomic E-state index is 4.84. The Balaban J connectivity index is 2.16. The molecule has 0 radical (unpaired) electrons. The number of halogens is 1. The summed E-state index contributed by atoms with van der Waals surface area (Å²) in [6.45, 7) is 0. The Kier molecular flexibility index (Phi) is 2.96. The zero-order chi connectivity index (χ0) is 14.4. The van der Waals surface area contributed by atoms with Crippen LogP contribution in [-0.4, -0.2) is 9.55 Å². The highest BCUT2D eigenvalue weighted by Gasteiger charge is 2.16. The zero-order valence-electron chi connectivity index (χ0n) is 11.5. The lowest BCUT2D eigenvalue weighted by Gasteiger charge is -2.01. The molecular formula is C18H13IN2. The first-order valence-electron chi connectivity index (χ1n) is 6.85. The van der Waals surface area contributed by atoms with Gasteiger partial charge < -0.3 is 4.57 Å². The van der Waals surface area contributed by atoms with Gasteiger partial charge in [-0.25, -0.2) is 4.98 Å². The molecular weight excluding hydrogens is 371 g/mol. The number of aromatic nitrogens is 2. The molecule has 102 valence electrons. The fraction of sp³-hybridized carbons (Fsp3) is 0.0556. The third-order valence-electron chi connectivity index (χ3n) is 3.85. The van der Waals surface area contributed by atoms with E-state index in [4.69, 9.17) is 4.98 Å². The highest BCUT2D eigenvalue weighted by molar-refractivity contribution is 14.1. The number of hydrogen-bond acceptors (Lipinski definition) is 1. The van der Waals surface area contributed by atoms with Crippen LogP contribution in [0.1, 0.15) is 0 Å². The van der Waals surface area contributed by atoms with Crippen molar-refractivity contribution in [3.63, 3.8) is 0 Å². The Labute approximate surface area is 136 Å². The molecule has 0 unspecified atom stereocenters. The second-order valence-corrected chi connectivity index (χ2v) is 6.16. The van der Waals surface area contributed by atoms with E-state index < -0.39 is 0 Å². The molecule has 0 spiro atoms. The Morgan fingerprint density at radius 3 is 2.48 bits per heavy atom. The minimum absolute atomic E-state index is 1.04. The van der Waals surface area contributed by atoms with Crippen molar-refractivity contribution in [3.05, 3.63) is 64.4 Å². The number of benzene rings is 2. The molecule has 0 fully saturated rings. The van der Waals surface area contributed by atoms with E-state index in [9.17, 15) is 0 Å². The zero-order valence-corrected chi connectivity index (χ0v) is 13.7. The van der Waals surface area contributed by atoms with E-state index in [1.165, 1.54) is 25.6 Å². The monoisotopic (exact) mass is 384 g/mol. The van der Waals surface area contributed by atoms with Crippen LogP contribution in [0.2, 0.25) is 0 Å². The van der Waals surface area contributed by atoms with Crippen molar-refractivity contribution in [3.8, 4) is 11.1 Å². The van der Waals surface area contributed by atoms with Gasteiger partial charge in [-0.1, -0.05) is 48.5 Å². The average Bonchev–Trinajstić information content (AvgIpc) is 2.77. The summed E-state index contributed by atoms with van der Waals surface area (Å²) >= 11 is 2.41. The molecule has 4 rings (SSSR count). The molecule has 3 heteroatoms. The fourth-order valence-corrected chi connectivity index (χ4v) is 3.63. The molecule has 0 saturated carbocycles. The van der Waals surface area contributed by atoms with Crippen LogP contribution in [0, 0.1) is 3.70 Å². The quantitative estimate of drug-likeness (QED) is 0.423. The predicted molar refractivity (Wildman–Crippen MR) is 96.4 cm³/mol. The summed E-state index contributed by atoms with van der Waals surface area (Å²) < 4.78 is 3.39. The number of pyridine rings is 1. The Morgan fingerprint density at radius 2 is 1.67 bits per heavy atom. The van der Waals surface area contributed by atoms with E-state index in [2.05, 4.69) is 88.8 Å². The number of rotatable bonds is 1. The van der Waals surface area contributed by atoms with Crippen LogP contribution in [0.3, 0.4) is 0 Å². The van der Waals surface area contributed by atoms with Crippen LogP contribution in [-0.2, 0) is 7.05 Å². The van der Waals surface area contributed by atoms with E-state index in [1.807, 2.05) is 6.07 Å². The molecule has 0 amide bonds. The minimum atomic E-state index is 1.04. The summed E-state index contributed by atoms with van der Waals surface area (Å²) in [4.78, 5) is 4.84. The highest BCUT2D eigenvalue weighted by Crippen LogP contribution is 2.35. The average molecular weight is 384 g/mol. The van der Waals surface area contributed by atoms with Crippen molar-refractivity contribution >= 4 is 44.5 Å². The Morgan fingerprint density at radius 1 is 0.952 bits per heavy atom. The summed E-state index contributed by atoms with van der Waals surface area (Å²) in [6, 6.07) is 21.1. The van der Waals surface area contributed by atoms with E-state index in [-0.39, 0.29) is 0 Å². The number of nitrogens with zero attached hydrogens (tertiary/aromatic N) is 2. The second-order valence-electron chi connectivity index (χ2n) is 5.14. The molecule has 2 heterocycles. The van der Waals surface area contributed by atoms with E-state index >= 15 is 0 Å². The van der Waals surface area contributed by atoms with Crippen LogP contribution < -0.4 is 0 Å². The van der Waals surface area contributed by atoms with Gasteiger partial charge >= 0.3 is 0 Å². The smallest absolute Gasteiger partial charge is 0.141 e. The summed E-state index contributed by atoms with van der Waals surface area (Å²) in [7, 11) is 2.08. The highest BCUT2D eigenvalue weighted by atomic mass is 127. The van der Waals surface area contributed by atoms with Gasteiger partial charge in [0.2, 0.25) is 0 Å². The van der Waals surface area contributed by atoms with Crippen molar-refractivity contribution in [2.45, 2.75) is 0 Å². The number of aryl methyl sites for hydroxylation is 1. The lowest BCUT2D eigenvalue weighted by atomic mass is 10.0. The van der Waals surface area contributed by atoms with Crippen molar-refractivity contribution in [2.75, 3.05) is 0 Å². The normalized spacial score (nSPS) is 11.3. The van der Waals surface area contributed by atoms with Gasteiger partial charge in [0, 0.05) is 23.4 Å². The predicted octanol–water partition coefficient (Wildman–Crippen LogP) is 5.00. The number of fused-ring (bicyclic) bond motifs is 2. The van der Waals surface area contributed by atoms with Crippen molar-refractivity contribution in [2.24, 2.45) is 7.05 Å². The Hall–Kier alpha value is -1.88. The van der Waals surface area contributed by atoms with Gasteiger partial charge in [-0.2, -0.15) is 0 Å². The fourth-order valence-electron chi connectivity index (χ4n) is 2.80. The first-order valence-corrected chi connectivity index (χ1v) is 7.92. The first kappa shape index (κ1) is 12.8. The van der Waals surface area contributed by atoms with Gasteiger partial charge in [-0.3, -0.25) is 0 Å². The van der Waals surface area contributed by atoms with Gasteiger partial charge in [-0.05, 0) is 40.3 Å². The molecule has 0 aliphatic carbocycles. The van der Waals surface area contributed by atoms with Crippen LogP contribution in [0.15, 0.2) is 60.7 Å². The summed E-state index contributed by atoms with van der Waals surface area (Å²) in [5.41, 5.74) is 4.59. The van der Waals surface area contributed by atoms with Crippen molar-refractivity contribution in [1.29, 1.82) is 0 Å². The summed E-state index contributed by atoms with van der Waals surface area (Å²) in [5, 5.41) is 2.40. The number of para-hydroxylation sites is 1. The van der Waals surface area contributed by atoms with E-state index in [0.717, 1.165) is 11.2 Å². The maximum absolute atomic E-state index is 4.84. The molecule has 4 aromatic rings. The van der Waals surface area contributed by atoms with E-state index in [1.54, 1.807) is 0 Å². The van der Waals surface area contributed by atoms with Gasteiger partial charge in [0.15, 0.2) is 0 Å². The van der Waals surface area contributed by atoms with Crippen LogP contribution in [0.4, 0.5) is 0 Å². The van der Waals surface area contributed by atoms with Crippen LogP contribution in [0.25, 0.3) is 33.1 Å². The standard InChI is InChI=1S/C18H13IN2/c1-21-17(19)16(12-7-3-2-4-8-12)14-11-13-9-5-6-10-15(13)20-18(14)21/h2-11H,1H3. The lowest BCUT2D eigenvalue weighted by Crippen LogP contribution is -1.92. The summed E-state index contributed by atoms with van der Waals surface area (Å²) in [5.74, 6) is 0. The first-order chi connectivity index (χ1) is 10.3. The molecule has 21 heavy (non-hydrogen) atoms. The molecule has 0 atom stereocenters. The van der Waals surface area contributed by atoms with Crippen LogP contribution in [0.5, 0.6) is 0 Å². The van der Waals surface area contributed by atoms with Gasteiger partial charge in [0.25, 0.3) is 0 Å². The number of hydrogen-bond donors (Lipinski definition) is 0. The molecule has 0 bridgehead atoms.